The van der Waals surface area contributed by atoms with Crippen molar-refractivity contribution in [3.8, 4) is 11.5 Å². The number of amides is 2. The number of benzene rings is 1. The van der Waals surface area contributed by atoms with Gasteiger partial charge in [0, 0.05) is 38.0 Å². The number of hydrogen-bond donors (Lipinski definition) is 2. The van der Waals surface area contributed by atoms with Crippen LogP contribution in [0, 0.1) is 5.92 Å². The molecule has 1 aromatic carbocycles. The lowest BCUT2D eigenvalue weighted by molar-refractivity contribution is -0.136. The normalized spacial score (nSPS) is 19.6. The Balaban J connectivity index is 1.72. The first-order valence-corrected chi connectivity index (χ1v) is 13.2. The number of likely N-dealkylation sites (tertiary alicyclic amines) is 1. The van der Waals surface area contributed by atoms with Crippen molar-refractivity contribution in [1.82, 2.24) is 14.9 Å². The molecule has 2 aliphatic heterocycles. The van der Waals surface area contributed by atoms with E-state index >= 15 is 0 Å². The van der Waals surface area contributed by atoms with Gasteiger partial charge in [0.15, 0.2) is 11.5 Å². The average molecular weight is 482 g/mol. The number of nitrogens with one attached hydrogen (secondary N) is 2. The van der Waals surface area contributed by atoms with Gasteiger partial charge >= 0.3 is 0 Å². The van der Waals surface area contributed by atoms with E-state index in [9.17, 15) is 18.0 Å². The fourth-order valence-electron chi connectivity index (χ4n) is 4.04. The summed E-state index contributed by atoms with van der Waals surface area (Å²) in [5.41, 5.74) is 0. The summed E-state index contributed by atoms with van der Waals surface area (Å²) in [7, 11) is -3.98. The number of fused-ring (bicyclic) bond motifs is 1. The number of nitrogens with zero attached hydrogens (tertiary/aromatic N) is 1. The lowest BCUT2D eigenvalue weighted by Gasteiger charge is -2.36. The molecular formula is C23H35N3O6S. The van der Waals surface area contributed by atoms with E-state index in [2.05, 4.69) is 10.0 Å². The highest BCUT2D eigenvalue weighted by Gasteiger charge is 2.34. The third kappa shape index (κ3) is 6.60. The number of hydrogen-bond acceptors (Lipinski definition) is 6. The minimum Gasteiger partial charge on any atom is -0.490 e. The molecule has 1 fully saturated rings. The third-order valence-corrected chi connectivity index (χ3v) is 7.26. The summed E-state index contributed by atoms with van der Waals surface area (Å²) >= 11 is 0. The van der Waals surface area contributed by atoms with Gasteiger partial charge in [0.1, 0.15) is 6.04 Å². The molecule has 2 unspecified atom stereocenters. The maximum Gasteiger partial charge on any atom is 0.241 e. The van der Waals surface area contributed by atoms with Crippen molar-refractivity contribution < 1.29 is 27.5 Å². The predicted octanol–water partition coefficient (Wildman–Crippen LogP) is 2.06. The molecule has 3 rings (SSSR count). The van der Waals surface area contributed by atoms with Crippen LogP contribution in [0.4, 0.5) is 0 Å². The largest absolute Gasteiger partial charge is 0.490 e. The van der Waals surface area contributed by atoms with Gasteiger partial charge in [-0.2, -0.15) is 4.72 Å². The van der Waals surface area contributed by atoms with Crippen molar-refractivity contribution >= 4 is 21.8 Å². The fraction of sp³-hybridized carbons (Fsp3) is 0.652. The zero-order valence-electron chi connectivity index (χ0n) is 19.6. The van der Waals surface area contributed by atoms with Crippen molar-refractivity contribution in [2.24, 2.45) is 5.92 Å². The highest BCUT2D eigenvalue weighted by atomic mass is 32.2. The summed E-state index contributed by atoms with van der Waals surface area (Å²) in [5, 5.41) is 2.98. The van der Waals surface area contributed by atoms with Crippen molar-refractivity contribution in [2.75, 3.05) is 26.3 Å². The molecule has 10 heteroatoms. The third-order valence-electron chi connectivity index (χ3n) is 5.82. The molecule has 2 heterocycles. The van der Waals surface area contributed by atoms with Crippen LogP contribution in [-0.2, 0) is 19.6 Å². The second-order valence-corrected chi connectivity index (χ2v) is 10.7. The Hall–Kier alpha value is -2.33. The number of carbonyl (C=O) groups excluding carboxylic acids is 2. The molecular weight excluding hydrogens is 446 g/mol. The predicted molar refractivity (Wildman–Crippen MR) is 124 cm³/mol. The summed E-state index contributed by atoms with van der Waals surface area (Å²) in [4.78, 5) is 27.0. The molecule has 2 atom stereocenters. The molecule has 33 heavy (non-hydrogen) atoms. The van der Waals surface area contributed by atoms with E-state index in [0.29, 0.717) is 50.6 Å². The fourth-order valence-corrected chi connectivity index (χ4v) is 5.39. The SMILES string of the molecule is CCCC(=O)NC1CCCN(C(=O)C(NS(=O)(=O)c2ccc3c(c2)OCCCO3)C(C)C)C1. The molecule has 1 aromatic rings. The molecule has 0 aliphatic carbocycles. The number of carbonyl (C=O) groups is 2. The Morgan fingerprint density at radius 1 is 1.15 bits per heavy atom. The highest BCUT2D eigenvalue weighted by Crippen LogP contribution is 2.32. The number of piperidine rings is 1. The molecule has 0 saturated carbocycles. The molecule has 1 saturated heterocycles. The Morgan fingerprint density at radius 3 is 2.58 bits per heavy atom. The van der Waals surface area contributed by atoms with E-state index < -0.39 is 16.1 Å². The van der Waals surface area contributed by atoms with E-state index in [1.165, 1.54) is 12.1 Å². The van der Waals surface area contributed by atoms with Gasteiger partial charge in [-0.25, -0.2) is 8.42 Å². The lowest BCUT2D eigenvalue weighted by atomic mass is 10.0. The van der Waals surface area contributed by atoms with Crippen molar-refractivity contribution in [2.45, 2.75) is 69.9 Å². The zero-order valence-corrected chi connectivity index (χ0v) is 20.4. The first-order valence-electron chi connectivity index (χ1n) is 11.7. The minimum absolute atomic E-state index is 0.0210. The monoisotopic (exact) mass is 481 g/mol. The second-order valence-electron chi connectivity index (χ2n) is 8.94. The van der Waals surface area contributed by atoms with E-state index in [-0.39, 0.29) is 28.7 Å². The zero-order chi connectivity index (χ0) is 24.0. The second kappa shape index (κ2) is 11.2. The van der Waals surface area contributed by atoms with Crippen LogP contribution in [0.2, 0.25) is 0 Å². The molecule has 184 valence electrons. The van der Waals surface area contributed by atoms with Gasteiger partial charge in [-0.15, -0.1) is 0 Å². The van der Waals surface area contributed by atoms with Crippen molar-refractivity contribution in [3.63, 3.8) is 0 Å². The first kappa shape index (κ1) is 25.3. The summed E-state index contributed by atoms with van der Waals surface area (Å²) in [6, 6.07) is 3.43. The molecule has 0 aromatic heterocycles. The standard InChI is InChI=1S/C23H35N3O6S/c1-4-7-21(27)24-17-8-5-11-26(15-17)23(28)22(16(2)3)25-33(29,30)18-9-10-19-20(14-18)32-13-6-12-31-19/h9-10,14,16-17,22,25H,4-8,11-13,15H2,1-3H3,(H,24,27). The number of sulfonamides is 1. The van der Waals surface area contributed by atoms with E-state index in [1.807, 2.05) is 20.8 Å². The Morgan fingerprint density at radius 2 is 1.88 bits per heavy atom. The highest BCUT2D eigenvalue weighted by molar-refractivity contribution is 7.89. The van der Waals surface area contributed by atoms with Crippen LogP contribution in [0.3, 0.4) is 0 Å². The molecule has 2 aliphatic rings. The van der Waals surface area contributed by atoms with Crippen molar-refractivity contribution in [3.05, 3.63) is 18.2 Å². The van der Waals surface area contributed by atoms with Crippen LogP contribution >= 0.6 is 0 Å². The van der Waals surface area contributed by atoms with Crippen LogP contribution in [0.1, 0.15) is 52.9 Å². The van der Waals surface area contributed by atoms with Gasteiger partial charge in [0.05, 0.1) is 18.1 Å². The first-order chi connectivity index (χ1) is 15.7. The van der Waals surface area contributed by atoms with E-state index in [0.717, 1.165) is 19.3 Å². The van der Waals surface area contributed by atoms with Crippen LogP contribution in [0.25, 0.3) is 0 Å². The number of ether oxygens (including phenoxy) is 2. The average Bonchev–Trinajstić information content (AvgIpc) is 3.02. The van der Waals surface area contributed by atoms with Gasteiger partial charge < -0.3 is 19.7 Å². The maximum atomic E-state index is 13.3. The maximum absolute atomic E-state index is 13.3. The van der Waals surface area contributed by atoms with Gasteiger partial charge in [0.25, 0.3) is 0 Å². The minimum atomic E-state index is -3.98. The quantitative estimate of drug-likeness (QED) is 0.588. The Bertz CT molecular complexity index is 950. The van der Waals surface area contributed by atoms with Gasteiger partial charge in [0.2, 0.25) is 21.8 Å². The molecule has 2 amide bonds. The van der Waals surface area contributed by atoms with Crippen LogP contribution in [-0.4, -0.2) is 63.5 Å². The van der Waals surface area contributed by atoms with Crippen LogP contribution < -0.4 is 19.5 Å². The van der Waals surface area contributed by atoms with E-state index in [4.69, 9.17) is 9.47 Å². The smallest absolute Gasteiger partial charge is 0.241 e. The summed E-state index contributed by atoms with van der Waals surface area (Å²) in [6.45, 7) is 7.43. The van der Waals surface area contributed by atoms with Gasteiger partial charge in [-0.1, -0.05) is 20.8 Å². The van der Waals surface area contributed by atoms with Gasteiger partial charge in [-0.05, 0) is 37.3 Å². The van der Waals surface area contributed by atoms with Gasteiger partial charge in [-0.3, -0.25) is 9.59 Å². The topological polar surface area (TPSA) is 114 Å². The van der Waals surface area contributed by atoms with Crippen LogP contribution in [0.15, 0.2) is 23.1 Å². The summed E-state index contributed by atoms with van der Waals surface area (Å²) < 4.78 is 40.1. The molecule has 2 N–H and O–H groups in total. The molecule has 0 spiro atoms. The van der Waals surface area contributed by atoms with E-state index in [1.54, 1.807) is 11.0 Å². The molecule has 9 nitrogen and oxygen atoms in total. The summed E-state index contributed by atoms with van der Waals surface area (Å²) in [5.74, 6) is 0.323. The summed E-state index contributed by atoms with van der Waals surface area (Å²) in [6.07, 6.45) is 3.48. The number of rotatable bonds is 8. The Kier molecular flexibility index (Phi) is 8.58. The lowest BCUT2D eigenvalue weighted by Crippen LogP contribution is -2.56. The molecule has 0 radical (unpaired) electrons. The van der Waals surface area contributed by atoms with Crippen LogP contribution in [0.5, 0.6) is 11.5 Å². The van der Waals surface area contributed by atoms with Crippen molar-refractivity contribution in [1.29, 1.82) is 0 Å². The Labute approximate surface area is 196 Å². The molecule has 0 bridgehead atoms.